The molecule has 98 valence electrons. The van der Waals surface area contributed by atoms with Crippen LogP contribution in [0.3, 0.4) is 0 Å². The first kappa shape index (κ1) is 13.3. The van der Waals surface area contributed by atoms with Gasteiger partial charge < -0.3 is 5.73 Å². The lowest BCUT2D eigenvalue weighted by molar-refractivity contribution is 0.100. The van der Waals surface area contributed by atoms with E-state index in [1.54, 1.807) is 12.1 Å². The number of benzene rings is 2. The van der Waals surface area contributed by atoms with Crippen LogP contribution in [0.2, 0.25) is 0 Å². The zero-order valence-electron chi connectivity index (χ0n) is 11.4. The van der Waals surface area contributed by atoms with Crippen LogP contribution in [0.15, 0.2) is 48.5 Å². The van der Waals surface area contributed by atoms with E-state index in [9.17, 15) is 4.79 Å². The van der Waals surface area contributed by atoms with Gasteiger partial charge in [-0.3, -0.25) is 4.79 Å². The van der Waals surface area contributed by atoms with E-state index in [0.29, 0.717) is 11.5 Å². The average molecular weight is 253 g/mol. The van der Waals surface area contributed by atoms with E-state index in [0.717, 1.165) is 17.5 Å². The fourth-order valence-electron chi connectivity index (χ4n) is 2.07. The molecule has 0 spiro atoms. The van der Waals surface area contributed by atoms with Crippen LogP contribution in [-0.4, -0.2) is 5.91 Å². The number of primary amides is 1. The number of carbonyl (C=O) groups is 1. The Morgan fingerprint density at radius 2 is 1.47 bits per heavy atom. The van der Waals surface area contributed by atoms with Crippen molar-refractivity contribution in [3.05, 3.63) is 59.7 Å². The zero-order chi connectivity index (χ0) is 13.8. The molecule has 0 aromatic heterocycles. The molecule has 0 saturated carbocycles. The first-order chi connectivity index (χ1) is 9.11. The molecule has 2 N–H and O–H groups in total. The second kappa shape index (κ2) is 5.70. The number of amides is 1. The Morgan fingerprint density at radius 3 is 1.89 bits per heavy atom. The highest BCUT2D eigenvalue weighted by molar-refractivity contribution is 5.93. The highest BCUT2D eigenvalue weighted by atomic mass is 16.1. The highest BCUT2D eigenvalue weighted by Crippen LogP contribution is 2.24. The Bertz CT molecular complexity index is 555. The topological polar surface area (TPSA) is 43.1 Å². The third-order valence-corrected chi connectivity index (χ3v) is 3.59. The molecule has 2 aromatic rings. The summed E-state index contributed by atoms with van der Waals surface area (Å²) in [6, 6.07) is 16.0. The second-order valence-corrected chi connectivity index (χ2v) is 4.87. The van der Waals surface area contributed by atoms with Crippen molar-refractivity contribution in [1.29, 1.82) is 0 Å². The summed E-state index contributed by atoms with van der Waals surface area (Å²) in [7, 11) is 0. The number of hydrogen-bond acceptors (Lipinski definition) is 1. The third kappa shape index (κ3) is 3.02. The zero-order valence-corrected chi connectivity index (χ0v) is 11.4. The molecule has 0 fully saturated rings. The molecule has 19 heavy (non-hydrogen) atoms. The highest BCUT2D eigenvalue weighted by Gasteiger charge is 2.04. The van der Waals surface area contributed by atoms with Gasteiger partial charge in [0.2, 0.25) is 5.91 Å². The van der Waals surface area contributed by atoms with Crippen LogP contribution in [-0.2, 0) is 0 Å². The summed E-state index contributed by atoms with van der Waals surface area (Å²) in [4.78, 5) is 11.0. The predicted octanol–water partition coefficient (Wildman–Crippen LogP) is 3.97. The molecule has 1 atom stereocenters. The van der Waals surface area contributed by atoms with Gasteiger partial charge in [-0.1, -0.05) is 50.2 Å². The van der Waals surface area contributed by atoms with Gasteiger partial charge in [0.25, 0.3) is 0 Å². The number of nitrogens with two attached hydrogens (primary N) is 1. The van der Waals surface area contributed by atoms with Gasteiger partial charge in [-0.25, -0.2) is 0 Å². The first-order valence-electron chi connectivity index (χ1n) is 6.62. The van der Waals surface area contributed by atoms with E-state index in [2.05, 4.69) is 38.1 Å². The summed E-state index contributed by atoms with van der Waals surface area (Å²) >= 11 is 0. The molecule has 2 heteroatoms. The van der Waals surface area contributed by atoms with E-state index in [-0.39, 0.29) is 0 Å². The lowest BCUT2D eigenvalue weighted by Crippen LogP contribution is -2.10. The van der Waals surface area contributed by atoms with Crippen LogP contribution in [0.1, 0.15) is 42.1 Å². The van der Waals surface area contributed by atoms with Crippen molar-refractivity contribution in [3.63, 3.8) is 0 Å². The largest absolute Gasteiger partial charge is 0.366 e. The summed E-state index contributed by atoms with van der Waals surface area (Å²) in [6.07, 6.45) is 1.15. The van der Waals surface area contributed by atoms with E-state index in [4.69, 9.17) is 5.73 Å². The number of hydrogen-bond donors (Lipinski definition) is 1. The van der Waals surface area contributed by atoms with Crippen molar-refractivity contribution in [1.82, 2.24) is 0 Å². The molecule has 0 aliphatic heterocycles. The number of carbonyl (C=O) groups excluding carboxylic acids is 1. The van der Waals surface area contributed by atoms with Crippen molar-refractivity contribution in [2.24, 2.45) is 5.73 Å². The van der Waals surface area contributed by atoms with Gasteiger partial charge in [0.05, 0.1) is 0 Å². The van der Waals surface area contributed by atoms with Gasteiger partial charge in [0.15, 0.2) is 0 Å². The Hall–Kier alpha value is -2.09. The molecule has 0 bridgehead atoms. The van der Waals surface area contributed by atoms with E-state index >= 15 is 0 Å². The van der Waals surface area contributed by atoms with Crippen LogP contribution < -0.4 is 5.73 Å². The SMILES string of the molecule is CCC(C)c1ccc(-c2ccc(C(N)=O)cc2)cc1. The van der Waals surface area contributed by atoms with Gasteiger partial charge in [0, 0.05) is 5.56 Å². The monoisotopic (exact) mass is 253 g/mol. The minimum absolute atomic E-state index is 0.390. The molecule has 0 radical (unpaired) electrons. The molecular formula is C17H19NO. The van der Waals surface area contributed by atoms with Crippen LogP contribution in [0.5, 0.6) is 0 Å². The maximum absolute atomic E-state index is 11.0. The quantitative estimate of drug-likeness (QED) is 0.880. The second-order valence-electron chi connectivity index (χ2n) is 4.87. The smallest absolute Gasteiger partial charge is 0.248 e. The fraction of sp³-hybridized carbons (Fsp3) is 0.235. The van der Waals surface area contributed by atoms with Crippen LogP contribution >= 0.6 is 0 Å². The lowest BCUT2D eigenvalue weighted by atomic mass is 9.95. The summed E-state index contributed by atoms with van der Waals surface area (Å²) in [5, 5.41) is 0. The van der Waals surface area contributed by atoms with Crippen molar-refractivity contribution >= 4 is 5.91 Å². The average Bonchev–Trinajstić information content (AvgIpc) is 2.46. The van der Waals surface area contributed by atoms with Gasteiger partial charge in [-0.2, -0.15) is 0 Å². The van der Waals surface area contributed by atoms with E-state index in [1.807, 2.05) is 12.1 Å². The van der Waals surface area contributed by atoms with E-state index in [1.165, 1.54) is 5.56 Å². The van der Waals surface area contributed by atoms with E-state index < -0.39 is 5.91 Å². The Labute approximate surface area is 114 Å². The van der Waals surface area contributed by atoms with Crippen LogP contribution in [0.25, 0.3) is 11.1 Å². The summed E-state index contributed by atoms with van der Waals surface area (Å²) < 4.78 is 0. The van der Waals surface area contributed by atoms with Crippen molar-refractivity contribution in [2.75, 3.05) is 0 Å². The van der Waals surface area contributed by atoms with Gasteiger partial charge >= 0.3 is 0 Å². The third-order valence-electron chi connectivity index (χ3n) is 3.59. The van der Waals surface area contributed by atoms with Gasteiger partial charge in [-0.05, 0) is 41.2 Å². The molecular weight excluding hydrogens is 234 g/mol. The molecule has 0 aliphatic carbocycles. The molecule has 2 aromatic carbocycles. The maximum atomic E-state index is 11.0. The Balaban J connectivity index is 2.24. The predicted molar refractivity (Wildman–Crippen MR) is 79.1 cm³/mol. The molecule has 0 aliphatic rings. The molecule has 1 unspecified atom stereocenters. The van der Waals surface area contributed by atoms with Crippen molar-refractivity contribution in [3.8, 4) is 11.1 Å². The van der Waals surface area contributed by atoms with Crippen molar-refractivity contribution in [2.45, 2.75) is 26.2 Å². The Morgan fingerprint density at radius 1 is 1.00 bits per heavy atom. The lowest BCUT2D eigenvalue weighted by Gasteiger charge is -2.10. The summed E-state index contributed by atoms with van der Waals surface area (Å²) in [5.41, 5.74) is 9.39. The molecule has 0 heterocycles. The molecule has 2 rings (SSSR count). The van der Waals surface area contributed by atoms with Gasteiger partial charge in [0.1, 0.15) is 0 Å². The number of rotatable bonds is 4. The van der Waals surface area contributed by atoms with Crippen molar-refractivity contribution < 1.29 is 4.79 Å². The summed E-state index contributed by atoms with van der Waals surface area (Å²) in [6.45, 7) is 4.43. The van der Waals surface area contributed by atoms with Crippen LogP contribution in [0, 0.1) is 0 Å². The molecule has 1 amide bonds. The fourth-order valence-corrected chi connectivity index (χ4v) is 2.07. The minimum atomic E-state index is -0.390. The standard InChI is InChI=1S/C17H19NO/c1-3-12(2)13-4-6-14(7-5-13)15-8-10-16(11-9-15)17(18)19/h4-12H,3H2,1-2H3,(H2,18,19). The normalized spacial score (nSPS) is 12.1. The van der Waals surface area contributed by atoms with Gasteiger partial charge in [-0.15, -0.1) is 0 Å². The maximum Gasteiger partial charge on any atom is 0.248 e. The Kier molecular flexibility index (Phi) is 4.00. The first-order valence-corrected chi connectivity index (χ1v) is 6.62. The van der Waals surface area contributed by atoms with Crippen LogP contribution in [0.4, 0.5) is 0 Å². The summed E-state index contributed by atoms with van der Waals surface area (Å²) in [5.74, 6) is 0.199. The minimum Gasteiger partial charge on any atom is -0.366 e. The molecule has 2 nitrogen and oxygen atoms in total. The molecule has 0 saturated heterocycles.